The van der Waals surface area contributed by atoms with Crippen LogP contribution < -0.4 is 10.6 Å². The molecule has 2 heterocycles. The highest BCUT2D eigenvalue weighted by molar-refractivity contribution is 7.99. The molecule has 0 aliphatic carbocycles. The van der Waals surface area contributed by atoms with Gasteiger partial charge < -0.3 is 30.3 Å². The van der Waals surface area contributed by atoms with Crippen LogP contribution in [0.5, 0.6) is 5.75 Å². The predicted octanol–water partition coefficient (Wildman–Crippen LogP) is 4.59. The lowest BCUT2D eigenvalue weighted by Gasteiger charge is -2.41. The van der Waals surface area contributed by atoms with Gasteiger partial charge in [-0.05, 0) is 64.9 Å². The summed E-state index contributed by atoms with van der Waals surface area (Å²) in [5.74, 6) is 0.671. The Kier molecular flexibility index (Phi) is 9.14. The van der Waals surface area contributed by atoms with Gasteiger partial charge in [0.1, 0.15) is 5.75 Å². The molecule has 0 radical (unpaired) electrons. The quantitative estimate of drug-likeness (QED) is 0.210. The number of benzene rings is 3. The van der Waals surface area contributed by atoms with Crippen LogP contribution in [-0.4, -0.2) is 54.9 Å². The van der Waals surface area contributed by atoms with E-state index in [9.17, 15) is 15.0 Å². The Morgan fingerprint density at radius 1 is 1.05 bits per heavy atom. The molecule has 4 atom stereocenters. The van der Waals surface area contributed by atoms with Gasteiger partial charge in [0, 0.05) is 29.5 Å². The predicted molar refractivity (Wildman–Crippen MR) is 154 cm³/mol. The first kappa shape index (κ1) is 28.6. The maximum atomic E-state index is 12.1. The molecule has 1 saturated heterocycles. The number of tetrazole rings is 1. The van der Waals surface area contributed by atoms with Gasteiger partial charge in [-0.25, -0.2) is 4.79 Å². The Labute approximate surface area is 241 Å². The number of aliphatic hydroxyl groups excluding tert-OH is 1. The largest absolute Gasteiger partial charge is 0.508 e. The number of urea groups is 1. The van der Waals surface area contributed by atoms with Crippen molar-refractivity contribution < 1.29 is 24.5 Å². The Morgan fingerprint density at radius 3 is 2.56 bits per heavy atom. The highest BCUT2D eigenvalue weighted by Crippen LogP contribution is 2.43. The second-order valence-corrected chi connectivity index (χ2v) is 10.6. The number of ether oxygens (including phenoxy) is 2. The van der Waals surface area contributed by atoms with Crippen molar-refractivity contribution in [3.05, 3.63) is 89.5 Å². The molecule has 4 N–H and O–H groups in total. The number of anilines is 1. The van der Waals surface area contributed by atoms with E-state index >= 15 is 0 Å². The average Bonchev–Trinajstić information content (AvgIpc) is 3.46. The zero-order chi connectivity index (χ0) is 28.8. The van der Waals surface area contributed by atoms with E-state index in [1.165, 1.54) is 11.8 Å². The molecule has 1 aromatic heterocycles. The van der Waals surface area contributed by atoms with Gasteiger partial charge in [0.2, 0.25) is 5.16 Å². The lowest BCUT2D eigenvalue weighted by molar-refractivity contribution is -0.268. The van der Waals surface area contributed by atoms with Crippen LogP contribution in [0.2, 0.25) is 0 Å². The fourth-order valence-electron chi connectivity index (χ4n) is 4.59. The zero-order valence-electron chi connectivity index (χ0n) is 22.7. The Bertz CT molecular complexity index is 1450. The first-order chi connectivity index (χ1) is 19.9. The van der Waals surface area contributed by atoms with Gasteiger partial charge in [-0.15, -0.1) is 5.10 Å². The van der Waals surface area contributed by atoms with Crippen molar-refractivity contribution >= 4 is 23.5 Å². The molecule has 3 aromatic carbocycles. The van der Waals surface area contributed by atoms with Crippen molar-refractivity contribution in [2.45, 2.75) is 44.1 Å². The molecule has 4 unspecified atom stereocenters. The minimum atomic E-state index is -0.691. The standard InChI is InChI=1S/C29H32N6O5S/c1-3-30-28(38)31-22-6-4-5-21(15-22)27-39-25(18(2)26(40-27)20-9-7-19(16-36)8-10-20)17-41-29-32-33-34-35(29)23-11-13-24(37)14-12-23/h4-15,18,25-27,36-37H,3,16-17H2,1-2H3,(H2,30,31,38). The van der Waals surface area contributed by atoms with E-state index in [1.807, 2.05) is 55.5 Å². The van der Waals surface area contributed by atoms with Gasteiger partial charge in [0.15, 0.2) is 6.29 Å². The molecule has 41 heavy (non-hydrogen) atoms. The number of phenolic OH excluding ortho intramolecular Hbond substituents is 1. The van der Waals surface area contributed by atoms with Crippen LogP contribution in [-0.2, 0) is 16.1 Å². The Balaban J connectivity index is 1.39. The summed E-state index contributed by atoms with van der Waals surface area (Å²) in [7, 11) is 0. The molecule has 0 bridgehead atoms. The van der Waals surface area contributed by atoms with Crippen LogP contribution in [0.3, 0.4) is 0 Å². The number of rotatable bonds is 9. The number of phenols is 1. The first-order valence-corrected chi connectivity index (χ1v) is 14.3. The van der Waals surface area contributed by atoms with Crippen molar-refractivity contribution in [1.29, 1.82) is 0 Å². The van der Waals surface area contributed by atoms with Crippen molar-refractivity contribution in [3.63, 3.8) is 0 Å². The van der Waals surface area contributed by atoms with Crippen LogP contribution in [0.4, 0.5) is 10.5 Å². The Hall–Kier alpha value is -3.97. The molecule has 1 aliphatic rings. The van der Waals surface area contributed by atoms with Crippen LogP contribution in [0, 0.1) is 5.92 Å². The molecular formula is C29H32N6O5S. The van der Waals surface area contributed by atoms with Crippen LogP contribution in [0.25, 0.3) is 5.69 Å². The monoisotopic (exact) mass is 576 g/mol. The third-order valence-corrected chi connectivity index (χ3v) is 7.80. The number of carbonyl (C=O) groups excluding carboxylic acids is 1. The van der Waals surface area contributed by atoms with Crippen LogP contribution in [0.15, 0.2) is 78.0 Å². The minimum Gasteiger partial charge on any atom is -0.508 e. The summed E-state index contributed by atoms with van der Waals surface area (Å²) in [4.78, 5) is 12.1. The molecule has 11 nitrogen and oxygen atoms in total. The molecule has 0 saturated carbocycles. The number of aliphatic hydroxyl groups is 1. The number of hydrogen-bond acceptors (Lipinski definition) is 9. The van der Waals surface area contributed by atoms with Gasteiger partial charge >= 0.3 is 6.03 Å². The molecule has 5 rings (SSSR count). The summed E-state index contributed by atoms with van der Waals surface area (Å²) in [5, 5.41) is 37.5. The summed E-state index contributed by atoms with van der Waals surface area (Å²) < 4.78 is 14.7. The molecule has 2 amide bonds. The topological polar surface area (TPSA) is 144 Å². The number of aromatic nitrogens is 4. The molecule has 4 aromatic rings. The van der Waals surface area contributed by atoms with E-state index in [1.54, 1.807) is 28.9 Å². The highest BCUT2D eigenvalue weighted by Gasteiger charge is 2.38. The fraction of sp³-hybridized carbons (Fsp3) is 0.310. The molecule has 0 spiro atoms. The van der Waals surface area contributed by atoms with Crippen molar-refractivity contribution in [2.75, 3.05) is 17.6 Å². The highest BCUT2D eigenvalue weighted by atomic mass is 32.2. The lowest BCUT2D eigenvalue weighted by Crippen LogP contribution is -2.38. The van der Waals surface area contributed by atoms with Crippen molar-refractivity contribution in [2.24, 2.45) is 5.92 Å². The van der Waals surface area contributed by atoms with Crippen LogP contribution >= 0.6 is 11.8 Å². The maximum absolute atomic E-state index is 12.1. The van der Waals surface area contributed by atoms with E-state index in [2.05, 4.69) is 33.1 Å². The van der Waals surface area contributed by atoms with Crippen molar-refractivity contribution in [1.82, 2.24) is 25.5 Å². The summed E-state index contributed by atoms with van der Waals surface area (Å²) in [6, 6.07) is 21.5. The average molecular weight is 577 g/mol. The number of aromatic hydroxyl groups is 1. The van der Waals surface area contributed by atoms with E-state index in [4.69, 9.17) is 9.47 Å². The summed E-state index contributed by atoms with van der Waals surface area (Å²) in [6.07, 6.45) is -1.23. The van der Waals surface area contributed by atoms with Crippen molar-refractivity contribution in [3.8, 4) is 11.4 Å². The molecule has 214 valence electrons. The first-order valence-electron chi connectivity index (χ1n) is 13.3. The van der Waals surface area contributed by atoms with E-state index in [-0.39, 0.29) is 36.5 Å². The number of thioether (sulfide) groups is 1. The van der Waals surface area contributed by atoms with Gasteiger partial charge in [-0.2, -0.15) is 4.68 Å². The maximum Gasteiger partial charge on any atom is 0.319 e. The van der Waals surface area contributed by atoms with Gasteiger partial charge in [-0.1, -0.05) is 55.1 Å². The minimum absolute atomic E-state index is 0.0339. The number of amides is 2. The summed E-state index contributed by atoms with van der Waals surface area (Å²) in [6.45, 7) is 4.43. The summed E-state index contributed by atoms with van der Waals surface area (Å²) in [5.41, 5.74) is 3.92. The smallest absolute Gasteiger partial charge is 0.319 e. The molecule has 1 aliphatic heterocycles. The number of hydrogen-bond donors (Lipinski definition) is 4. The number of nitrogens with one attached hydrogen (secondary N) is 2. The zero-order valence-corrected chi connectivity index (χ0v) is 23.5. The molecular weight excluding hydrogens is 544 g/mol. The van der Waals surface area contributed by atoms with E-state index in [0.29, 0.717) is 23.1 Å². The number of carbonyl (C=O) groups is 1. The van der Waals surface area contributed by atoms with Gasteiger partial charge in [0.25, 0.3) is 0 Å². The number of nitrogens with zero attached hydrogens (tertiary/aromatic N) is 4. The second-order valence-electron chi connectivity index (χ2n) is 9.63. The third kappa shape index (κ3) is 6.85. The SMILES string of the molecule is CCNC(=O)Nc1cccc(C2OC(CSc3nnnn3-c3ccc(O)cc3)C(C)C(c3ccc(CO)cc3)O2)c1. The fourth-order valence-corrected chi connectivity index (χ4v) is 5.64. The van der Waals surface area contributed by atoms with Crippen LogP contribution in [0.1, 0.15) is 42.9 Å². The lowest BCUT2D eigenvalue weighted by atomic mass is 9.91. The van der Waals surface area contributed by atoms with E-state index in [0.717, 1.165) is 22.4 Å². The molecule has 12 heteroatoms. The molecule has 1 fully saturated rings. The summed E-state index contributed by atoms with van der Waals surface area (Å²) >= 11 is 1.47. The van der Waals surface area contributed by atoms with Gasteiger partial charge in [-0.3, -0.25) is 0 Å². The normalized spacial score (nSPS) is 20.5. The third-order valence-electron chi connectivity index (χ3n) is 6.79. The Morgan fingerprint density at radius 2 is 1.83 bits per heavy atom. The van der Waals surface area contributed by atoms with E-state index < -0.39 is 6.29 Å². The van der Waals surface area contributed by atoms with Gasteiger partial charge in [0.05, 0.1) is 24.5 Å². The second kappa shape index (κ2) is 13.1.